The van der Waals surface area contributed by atoms with E-state index in [1.54, 1.807) is 0 Å². The van der Waals surface area contributed by atoms with Gasteiger partial charge in [0, 0.05) is 20.0 Å². The van der Waals surface area contributed by atoms with Crippen molar-refractivity contribution in [3.8, 4) is 17.1 Å². The van der Waals surface area contributed by atoms with Crippen molar-refractivity contribution in [2.24, 2.45) is 7.05 Å². The van der Waals surface area contributed by atoms with Crippen LogP contribution in [-0.4, -0.2) is 57.5 Å². The molecule has 0 atom stereocenters. The monoisotopic (exact) mass is 422 g/mol. The number of rotatable bonds is 4. The number of halogens is 5. The van der Waals surface area contributed by atoms with Crippen LogP contribution in [0.1, 0.15) is 34.7 Å². The Bertz CT molecular complexity index is 919. The van der Waals surface area contributed by atoms with Gasteiger partial charge in [0.15, 0.2) is 6.61 Å². The molecular formula is C17H19F5N4O3. The summed E-state index contributed by atoms with van der Waals surface area (Å²) in [6.45, 7) is 0.732. The van der Waals surface area contributed by atoms with E-state index in [1.165, 1.54) is 20.9 Å². The highest BCUT2D eigenvalue weighted by Gasteiger charge is 2.40. The van der Waals surface area contributed by atoms with Crippen LogP contribution in [0, 0.1) is 13.8 Å². The number of hydrogen-bond donors (Lipinski definition) is 0. The molecule has 7 nitrogen and oxygen atoms in total. The molecule has 12 heteroatoms. The summed E-state index contributed by atoms with van der Waals surface area (Å²) in [4.78, 5) is 13.9. The van der Waals surface area contributed by atoms with Crippen LogP contribution in [0.2, 0.25) is 0 Å². The number of aryl methyl sites for hydroxylation is 3. The van der Waals surface area contributed by atoms with Crippen LogP contribution >= 0.6 is 0 Å². The van der Waals surface area contributed by atoms with E-state index < -0.39 is 31.2 Å². The number of amides is 1. The lowest BCUT2D eigenvalue weighted by Gasteiger charge is -2.32. The number of carbonyl (C=O) groups is 1. The van der Waals surface area contributed by atoms with Crippen LogP contribution in [0.15, 0.2) is 4.52 Å². The molecule has 160 valence electrons. The Labute approximate surface area is 162 Å². The lowest BCUT2D eigenvalue weighted by molar-refractivity contribution is -0.154. The van der Waals surface area contributed by atoms with Gasteiger partial charge in [0.25, 0.3) is 11.8 Å². The molecule has 3 rings (SSSR count). The fourth-order valence-corrected chi connectivity index (χ4v) is 3.32. The molecule has 1 saturated heterocycles. The van der Waals surface area contributed by atoms with Gasteiger partial charge in [-0.2, -0.15) is 18.3 Å². The number of ether oxygens (including phenoxy) is 1. The molecule has 0 aliphatic carbocycles. The second-order valence-electron chi connectivity index (χ2n) is 6.94. The van der Waals surface area contributed by atoms with Gasteiger partial charge in [-0.05, 0) is 20.3 Å². The molecule has 1 fully saturated rings. The Morgan fingerprint density at radius 2 is 2.00 bits per heavy atom. The molecule has 0 spiro atoms. The molecule has 3 heterocycles. The first-order valence-corrected chi connectivity index (χ1v) is 8.76. The van der Waals surface area contributed by atoms with Crippen molar-refractivity contribution in [3.05, 3.63) is 17.0 Å². The second-order valence-corrected chi connectivity index (χ2v) is 6.94. The Morgan fingerprint density at radius 3 is 2.62 bits per heavy atom. The molecule has 1 aliphatic rings. The molecule has 2 aromatic rings. The van der Waals surface area contributed by atoms with Gasteiger partial charge >= 0.3 is 6.18 Å². The predicted molar refractivity (Wildman–Crippen MR) is 89.8 cm³/mol. The molecule has 29 heavy (non-hydrogen) atoms. The van der Waals surface area contributed by atoms with Gasteiger partial charge in [-0.25, -0.2) is 13.5 Å². The van der Waals surface area contributed by atoms with Gasteiger partial charge in [0.1, 0.15) is 17.0 Å². The highest BCUT2D eigenvalue weighted by atomic mass is 19.4. The zero-order valence-electron chi connectivity index (χ0n) is 15.9. The van der Waals surface area contributed by atoms with E-state index in [9.17, 15) is 26.7 Å². The average molecular weight is 422 g/mol. The summed E-state index contributed by atoms with van der Waals surface area (Å²) in [5, 5.41) is 7.82. The minimum absolute atomic E-state index is 0.0423. The maximum atomic E-state index is 13.8. The van der Waals surface area contributed by atoms with Crippen LogP contribution in [-0.2, 0) is 7.05 Å². The summed E-state index contributed by atoms with van der Waals surface area (Å²) in [7, 11) is 1.38. The van der Waals surface area contributed by atoms with E-state index in [0.29, 0.717) is 0 Å². The summed E-state index contributed by atoms with van der Waals surface area (Å²) in [5.74, 6) is -3.94. The van der Waals surface area contributed by atoms with Gasteiger partial charge in [-0.3, -0.25) is 4.79 Å². The maximum Gasteiger partial charge on any atom is 0.422 e. The van der Waals surface area contributed by atoms with Crippen LogP contribution in [0.5, 0.6) is 5.88 Å². The van der Waals surface area contributed by atoms with Crippen molar-refractivity contribution in [1.82, 2.24) is 19.8 Å². The van der Waals surface area contributed by atoms with E-state index in [1.807, 2.05) is 0 Å². The standard InChI is InChI=1S/C17H19F5N4O3/c1-9-11(15(25(3)23-9)28-8-17(20,21)22)13-12(10(2)29-24-13)14(27)26-6-4-5-16(18,19)7-26/h4-8H2,1-3H3. The number of likely N-dealkylation sites (tertiary alicyclic amines) is 1. The molecule has 0 aromatic carbocycles. The molecule has 0 radical (unpaired) electrons. The first-order valence-electron chi connectivity index (χ1n) is 8.76. The average Bonchev–Trinajstić information content (AvgIpc) is 3.09. The molecule has 1 aliphatic heterocycles. The fourth-order valence-electron chi connectivity index (χ4n) is 3.32. The van der Waals surface area contributed by atoms with Crippen LogP contribution in [0.25, 0.3) is 11.3 Å². The van der Waals surface area contributed by atoms with Crippen molar-refractivity contribution < 1.29 is 36.0 Å². The van der Waals surface area contributed by atoms with E-state index in [4.69, 9.17) is 9.26 Å². The Hall–Kier alpha value is -2.66. The van der Waals surface area contributed by atoms with Crippen LogP contribution in [0.4, 0.5) is 22.0 Å². The zero-order chi connectivity index (χ0) is 21.6. The Morgan fingerprint density at radius 1 is 1.31 bits per heavy atom. The summed E-state index contributed by atoms with van der Waals surface area (Å²) in [6, 6.07) is 0. The molecule has 0 N–H and O–H groups in total. The molecule has 0 saturated carbocycles. The molecule has 2 aromatic heterocycles. The fraction of sp³-hybridized carbons (Fsp3) is 0.588. The van der Waals surface area contributed by atoms with Crippen molar-refractivity contribution in [1.29, 1.82) is 0 Å². The molecule has 0 bridgehead atoms. The molecule has 1 amide bonds. The Balaban J connectivity index is 2.01. The lowest BCUT2D eigenvalue weighted by Crippen LogP contribution is -2.45. The Kier molecular flexibility index (Phi) is 5.30. The second kappa shape index (κ2) is 7.30. The van der Waals surface area contributed by atoms with Gasteiger partial charge in [-0.1, -0.05) is 5.16 Å². The molecular weight excluding hydrogens is 403 g/mol. The van der Waals surface area contributed by atoms with E-state index >= 15 is 0 Å². The topological polar surface area (TPSA) is 73.4 Å². The summed E-state index contributed by atoms with van der Waals surface area (Å²) in [5.41, 5.74) is 0.0940. The smallest absolute Gasteiger partial charge is 0.422 e. The number of alkyl halides is 5. The van der Waals surface area contributed by atoms with Crippen molar-refractivity contribution in [2.75, 3.05) is 19.7 Å². The third-order valence-electron chi connectivity index (χ3n) is 4.54. The molecule has 0 unspecified atom stereocenters. The van der Waals surface area contributed by atoms with Crippen molar-refractivity contribution in [2.45, 2.75) is 38.8 Å². The highest BCUT2D eigenvalue weighted by molar-refractivity contribution is 6.01. The van der Waals surface area contributed by atoms with E-state index in [2.05, 4.69) is 10.3 Å². The van der Waals surface area contributed by atoms with Crippen molar-refractivity contribution >= 4 is 5.91 Å². The number of carbonyl (C=O) groups excluding carboxylic acids is 1. The van der Waals surface area contributed by atoms with E-state index in [0.717, 1.165) is 9.58 Å². The third-order valence-corrected chi connectivity index (χ3v) is 4.54. The van der Waals surface area contributed by atoms with E-state index in [-0.39, 0.29) is 53.5 Å². The van der Waals surface area contributed by atoms with Crippen molar-refractivity contribution in [3.63, 3.8) is 0 Å². The van der Waals surface area contributed by atoms with Crippen LogP contribution < -0.4 is 4.74 Å². The summed E-state index contributed by atoms with van der Waals surface area (Å²) < 4.78 is 76.4. The van der Waals surface area contributed by atoms with Crippen LogP contribution in [0.3, 0.4) is 0 Å². The number of piperidine rings is 1. The maximum absolute atomic E-state index is 13.8. The third kappa shape index (κ3) is 4.35. The lowest BCUT2D eigenvalue weighted by atomic mass is 10.0. The predicted octanol–water partition coefficient (Wildman–Crippen LogP) is 3.50. The zero-order valence-corrected chi connectivity index (χ0v) is 15.9. The number of hydrogen-bond acceptors (Lipinski definition) is 5. The number of aromatic nitrogens is 3. The normalized spacial score (nSPS) is 16.9. The first-order chi connectivity index (χ1) is 13.4. The minimum Gasteiger partial charge on any atom is -0.468 e. The minimum atomic E-state index is -4.59. The first kappa shape index (κ1) is 21.1. The summed E-state index contributed by atoms with van der Waals surface area (Å²) >= 11 is 0. The van der Waals surface area contributed by atoms with Gasteiger partial charge < -0.3 is 14.2 Å². The van der Waals surface area contributed by atoms with Gasteiger partial charge in [-0.15, -0.1) is 0 Å². The van der Waals surface area contributed by atoms with Gasteiger partial charge in [0.2, 0.25) is 5.88 Å². The highest BCUT2D eigenvalue weighted by Crippen LogP contribution is 2.37. The summed E-state index contributed by atoms with van der Waals surface area (Å²) in [6.07, 6.45) is -4.78. The quantitative estimate of drug-likeness (QED) is 0.706. The largest absolute Gasteiger partial charge is 0.468 e. The SMILES string of the molecule is Cc1nn(C)c(OCC(F)(F)F)c1-c1noc(C)c1C(=O)N1CCCC(F)(F)C1. The van der Waals surface area contributed by atoms with Gasteiger partial charge in [0.05, 0.1) is 17.8 Å². The number of nitrogens with zero attached hydrogens (tertiary/aromatic N) is 4.